The summed E-state index contributed by atoms with van der Waals surface area (Å²) in [5.74, 6) is -0.683. The molecule has 1 N–H and O–H groups in total. The number of amides is 1. The molecule has 1 amide bonds. The number of carboxylic acids is 1. The zero-order chi connectivity index (χ0) is 26.0. The molecule has 0 spiro atoms. The van der Waals surface area contributed by atoms with Crippen molar-refractivity contribution < 1.29 is 37.3 Å². The molecule has 6 nitrogen and oxygen atoms in total. The predicted molar refractivity (Wildman–Crippen MR) is 126 cm³/mol. The molecule has 9 heteroatoms. The van der Waals surface area contributed by atoms with Crippen molar-refractivity contribution in [2.75, 3.05) is 7.11 Å². The summed E-state index contributed by atoms with van der Waals surface area (Å²) >= 11 is 0. The number of methoxy groups -OCH3 is 1. The average Bonchev–Trinajstić information content (AvgIpc) is 3.12. The number of ether oxygens (including phenoxy) is 2. The Labute approximate surface area is 206 Å². The van der Waals surface area contributed by atoms with E-state index in [1.807, 2.05) is 31.2 Å². The van der Waals surface area contributed by atoms with E-state index in [0.29, 0.717) is 28.9 Å². The zero-order valence-corrected chi connectivity index (χ0v) is 19.8. The number of cyclic esters (lactones) is 1. The number of hydrogen-bond acceptors (Lipinski definition) is 4. The highest BCUT2D eigenvalue weighted by Gasteiger charge is 2.42. The van der Waals surface area contributed by atoms with Crippen molar-refractivity contribution in [3.8, 4) is 16.9 Å². The first kappa shape index (κ1) is 25.3. The highest BCUT2D eigenvalue weighted by molar-refractivity contribution is 5.78. The van der Waals surface area contributed by atoms with Crippen LogP contribution in [-0.2, 0) is 28.7 Å². The minimum absolute atomic E-state index is 0.0206. The summed E-state index contributed by atoms with van der Waals surface area (Å²) in [6.45, 7) is 1.71. The molecule has 190 valence electrons. The number of allylic oxidation sites excluding steroid dienone is 3. The minimum atomic E-state index is -4.58. The third-order valence-corrected chi connectivity index (χ3v) is 6.56. The molecule has 1 aliphatic heterocycles. The number of carbonyl (C=O) groups is 2. The van der Waals surface area contributed by atoms with Gasteiger partial charge in [0.2, 0.25) is 0 Å². The molecule has 0 saturated carbocycles. The van der Waals surface area contributed by atoms with Gasteiger partial charge in [0.1, 0.15) is 11.9 Å². The first-order chi connectivity index (χ1) is 17.1. The molecule has 0 aromatic heterocycles. The molecule has 1 saturated heterocycles. The van der Waals surface area contributed by atoms with Gasteiger partial charge >= 0.3 is 18.2 Å². The van der Waals surface area contributed by atoms with Gasteiger partial charge in [-0.25, -0.2) is 4.79 Å². The number of carboxylic acid groups (broad SMARTS) is 1. The molecule has 1 aliphatic carbocycles. The van der Waals surface area contributed by atoms with Crippen molar-refractivity contribution in [3.05, 3.63) is 77.4 Å². The SMILES string of the molecule is COc1ccc(CC(=O)O)cc1-c1ccc(C(F)(F)F)cc1CN1C(=O)O[C@H](C2C=CC=CC2)[C@@H]1C. The van der Waals surface area contributed by atoms with Crippen LogP contribution in [0.25, 0.3) is 11.1 Å². The molecule has 1 unspecified atom stereocenters. The maximum atomic E-state index is 13.6. The number of rotatable bonds is 7. The van der Waals surface area contributed by atoms with Crippen molar-refractivity contribution >= 4 is 12.1 Å². The number of benzene rings is 2. The summed E-state index contributed by atoms with van der Waals surface area (Å²) in [5.41, 5.74) is 0.724. The van der Waals surface area contributed by atoms with Gasteiger partial charge in [-0.05, 0) is 54.3 Å². The van der Waals surface area contributed by atoms with Gasteiger partial charge in [0.25, 0.3) is 0 Å². The van der Waals surface area contributed by atoms with E-state index >= 15 is 0 Å². The van der Waals surface area contributed by atoms with Crippen molar-refractivity contribution in [2.45, 2.75) is 44.6 Å². The van der Waals surface area contributed by atoms with Crippen molar-refractivity contribution in [1.82, 2.24) is 4.90 Å². The van der Waals surface area contributed by atoms with E-state index in [-0.39, 0.29) is 30.5 Å². The molecule has 1 fully saturated rings. The summed E-state index contributed by atoms with van der Waals surface area (Å²) in [5, 5.41) is 9.19. The lowest BCUT2D eigenvalue weighted by molar-refractivity contribution is -0.138. The molecule has 0 bridgehead atoms. The van der Waals surface area contributed by atoms with Gasteiger partial charge in [-0.15, -0.1) is 0 Å². The fraction of sp³-hybridized carbons (Fsp3) is 0.333. The van der Waals surface area contributed by atoms with E-state index in [0.717, 1.165) is 12.1 Å². The van der Waals surface area contributed by atoms with Gasteiger partial charge in [0, 0.05) is 11.5 Å². The van der Waals surface area contributed by atoms with Crippen LogP contribution >= 0.6 is 0 Å². The fourth-order valence-electron chi connectivity index (χ4n) is 4.72. The van der Waals surface area contributed by atoms with Gasteiger partial charge in [-0.2, -0.15) is 13.2 Å². The average molecular weight is 502 g/mol. The highest BCUT2D eigenvalue weighted by atomic mass is 19.4. The molecule has 0 radical (unpaired) electrons. The van der Waals surface area contributed by atoms with E-state index in [1.165, 1.54) is 18.1 Å². The Morgan fingerprint density at radius 2 is 1.94 bits per heavy atom. The Morgan fingerprint density at radius 1 is 1.17 bits per heavy atom. The number of carbonyl (C=O) groups excluding carboxylic acids is 1. The second kappa shape index (κ2) is 10.1. The Bertz CT molecular complexity index is 1220. The van der Waals surface area contributed by atoms with Crippen LogP contribution < -0.4 is 4.74 Å². The van der Waals surface area contributed by atoms with Gasteiger partial charge in [-0.3, -0.25) is 9.69 Å². The van der Waals surface area contributed by atoms with Crippen LogP contribution in [0, 0.1) is 5.92 Å². The quantitative estimate of drug-likeness (QED) is 0.515. The highest BCUT2D eigenvalue weighted by Crippen LogP contribution is 2.39. The standard InChI is InChI=1S/C27H26F3NO5/c1-16-25(18-6-4-3-5-7-18)36-26(34)31(16)15-19-14-20(27(28,29)30)9-10-21(19)22-12-17(13-24(32)33)8-11-23(22)35-2/h3-6,8-12,14,16,18,25H,7,13,15H2,1-2H3,(H,32,33)/t16-,18?,25-/m0/s1. The van der Waals surface area contributed by atoms with Gasteiger partial charge in [0.15, 0.2) is 0 Å². The van der Waals surface area contributed by atoms with E-state index in [2.05, 4.69) is 0 Å². The molecule has 2 aromatic carbocycles. The smallest absolute Gasteiger partial charge is 0.416 e. The van der Waals surface area contributed by atoms with Gasteiger partial charge in [0.05, 0.1) is 31.7 Å². The summed E-state index contributed by atoms with van der Waals surface area (Å²) in [6.07, 6.45) is 2.59. The second-order valence-electron chi connectivity index (χ2n) is 8.90. The molecule has 3 atom stereocenters. The molecular weight excluding hydrogens is 475 g/mol. The van der Waals surface area contributed by atoms with Crippen molar-refractivity contribution in [1.29, 1.82) is 0 Å². The summed E-state index contributed by atoms with van der Waals surface area (Å²) < 4.78 is 51.9. The summed E-state index contributed by atoms with van der Waals surface area (Å²) in [6, 6.07) is 7.72. The normalized spacial score (nSPS) is 21.5. The lowest BCUT2D eigenvalue weighted by Crippen LogP contribution is -2.36. The van der Waals surface area contributed by atoms with Gasteiger partial charge in [-0.1, -0.05) is 36.4 Å². The fourth-order valence-corrected chi connectivity index (χ4v) is 4.72. The minimum Gasteiger partial charge on any atom is -0.496 e. The number of halogens is 3. The maximum Gasteiger partial charge on any atom is 0.416 e. The van der Waals surface area contributed by atoms with Crippen molar-refractivity contribution in [2.24, 2.45) is 5.92 Å². The number of aliphatic carboxylic acids is 1. The molecule has 2 aliphatic rings. The number of hydrogen-bond donors (Lipinski definition) is 1. The lowest BCUT2D eigenvalue weighted by Gasteiger charge is -2.26. The monoisotopic (exact) mass is 501 g/mol. The first-order valence-corrected chi connectivity index (χ1v) is 11.5. The van der Waals surface area contributed by atoms with Gasteiger partial charge < -0.3 is 14.6 Å². The first-order valence-electron chi connectivity index (χ1n) is 11.5. The van der Waals surface area contributed by atoms with E-state index in [1.54, 1.807) is 18.2 Å². The van der Waals surface area contributed by atoms with Crippen molar-refractivity contribution in [3.63, 3.8) is 0 Å². The van der Waals surface area contributed by atoms with Crippen LogP contribution in [0.5, 0.6) is 5.75 Å². The third-order valence-electron chi connectivity index (χ3n) is 6.56. The van der Waals surface area contributed by atoms with E-state index in [9.17, 15) is 27.9 Å². The molecule has 4 rings (SSSR count). The Hall–Kier alpha value is -3.75. The van der Waals surface area contributed by atoms with Crippen LogP contribution in [0.3, 0.4) is 0 Å². The largest absolute Gasteiger partial charge is 0.496 e. The Morgan fingerprint density at radius 3 is 2.58 bits per heavy atom. The van der Waals surface area contributed by atoms with Crippen LogP contribution in [0.15, 0.2) is 60.7 Å². The zero-order valence-electron chi connectivity index (χ0n) is 19.8. The topological polar surface area (TPSA) is 76.1 Å². The molecule has 2 aromatic rings. The second-order valence-corrected chi connectivity index (χ2v) is 8.90. The van der Waals surface area contributed by atoms with Crippen LogP contribution in [0.1, 0.15) is 30.0 Å². The van der Waals surface area contributed by atoms with Crippen LogP contribution in [-0.4, -0.2) is 41.3 Å². The Kier molecular flexibility index (Phi) is 7.10. The number of alkyl halides is 3. The summed E-state index contributed by atoms with van der Waals surface area (Å²) in [7, 11) is 1.43. The third kappa shape index (κ3) is 5.24. The van der Waals surface area contributed by atoms with E-state index in [4.69, 9.17) is 9.47 Å². The summed E-state index contributed by atoms with van der Waals surface area (Å²) in [4.78, 5) is 25.5. The molecule has 36 heavy (non-hydrogen) atoms. The molecule has 1 heterocycles. The number of nitrogens with zero attached hydrogens (tertiary/aromatic N) is 1. The molecular formula is C27H26F3NO5. The Balaban J connectivity index is 1.75. The van der Waals surface area contributed by atoms with Crippen LogP contribution in [0.4, 0.5) is 18.0 Å². The maximum absolute atomic E-state index is 13.6. The predicted octanol–water partition coefficient (Wildman–Crippen LogP) is 5.85. The van der Waals surface area contributed by atoms with E-state index < -0.39 is 29.9 Å². The van der Waals surface area contributed by atoms with Crippen LogP contribution in [0.2, 0.25) is 0 Å². The lowest BCUT2D eigenvalue weighted by atomic mass is 9.90.